The second-order valence-corrected chi connectivity index (χ2v) is 2.16. The molecule has 0 spiro atoms. The smallest absolute Gasteiger partial charge is 0.339 e. The molecule has 0 bridgehead atoms. The van der Waals surface area contributed by atoms with Crippen molar-refractivity contribution in [3.05, 3.63) is 17.5 Å². The molecule has 1 aromatic rings. The van der Waals surface area contributed by atoms with Gasteiger partial charge in [-0.15, -0.1) is 0 Å². The zero-order valence-corrected chi connectivity index (χ0v) is 5.96. The first-order chi connectivity index (χ1) is 4.63. The molecule has 1 aromatic heterocycles. The van der Waals surface area contributed by atoms with Crippen LogP contribution in [0.15, 0.2) is 6.20 Å². The molecule has 0 radical (unpaired) electrons. The van der Waals surface area contributed by atoms with Crippen molar-refractivity contribution in [3.63, 3.8) is 0 Å². The van der Waals surface area contributed by atoms with Gasteiger partial charge < -0.3 is 5.73 Å². The number of carbonyl (C=O) groups excluding carboxylic acids is 1. The number of nitrogens with zero attached hydrogens (tertiary/aromatic N) is 2. The SMILES string of the molecule is Cc1cnn(C(N)=O)c1C. The van der Waals surface area contributed by atoms with Crippen LogP contribution in [0.4, 0.5) is 4.79 Å². The van der Waals surface area contributed by atoms with Gasteiger partial charge in [-0.3, -0.25) is 0 Å². The van der Waals surface area contributed by atoms with Crippen molar-refractivity contribution < 1.29 is 4.79 Å². The highest BCUT2D eigenvalue weighted by atomic mass is 16.2. The Labute approximate surface area is 58.6 Å². The predicted molar refractivity (Wildman–Crippen MR) is 36.7 cm³/mol. The number of hydrogen-bond acceptors (Lipinski definition) is 2. The maximum absolute atomic E-state index is 10.6. The maximum Gasteiger partial charge on any atom is 0.339 e. The fourth-order valence-electron chi connectivity index (χ4n) is 0.714. The van der Waals surface area contributed by atoms with Crippen molar-refractivity contribution in [1.82, 2.24) is 9.78 Å². The van der Waals surface area contributed by atoms with Crippen molar-refractivity contribution in [2.75, 3.05) is 0 Å². The number of aryl methyl sites for hydroxylation is 1. The fraction of sp³-hybridized carbons (Fsp3) is 0.333. The molecule has 0 atom stereocenters. The molecule has 1 amide bonds. The van der Waals surface area contributed by atoms with E-state index in [0.717, 1.165) is 11.3 Å². The topological polar surface area (TPSA) is 60.9 Å². The van der Waals surface area contributed by atoms with E-state index < -0.39 is 6.03 Å². The zero-order chi connectivity index (χ0) is 7.72. The van der Waals surface area contributed by atoms with Crippen LogP contribution in [0.5, 0.6) is 0 Å². The number of aromatic nitrogens is 2. The average Bonchev–Trinajstić information content (AvgIpc) is 2.14. The van der Waals surface area contributed by atoms with E-state index in [4.69, 9.17) is 5.73 Å². The summed E-state index contributed by atoms with van der Waals surface area (Å²) in [6.45, 7) is 3.68. The van der Waals surface area contributed by atoms with Gasteiger partial charge in [0.05, 0.1) is 6.20 Å². The minimum absolute atomic E-state index is 0.536. The Morgan fingerprint density at radius 1 is 1.70 bits per heavy atom. The van der Waals surface area contributed by atoms with Crippen molar-refractivity contribution in [2.24, 2.45) is 5.73 Å². The van der Waals surface area contributed by atoms with Crippen LogP contribution in [0.1, 0.15) is 11.3 Å². The van der Waals surface area contributed by atoms with E-state index >= 15 is 0 Å². The van der Waals surface area contributed by atoms with Crippen LogP contribution >= 0.6 is 0 Å². The van der Waals surface area contributed by atoms with Crippen LogP contribution in [0.25, 0.3) is 0 Å². The molecule has 0 fully saturated rings. The first kappa shape index (κ1) is 6.80. The Morgan fingerprint density at radius 3 is 2.50 bits per heavy atom. The molecule has 10 heavy (non-hydrogen) atoms. The number of nitrogens with two attached hydrogens (primary N) is 1. The third-order valence-electron chi connectivity index (χ3n) is 1.46. The highest BCUT2D eigenvalue weighted by molar-refractivity contribution is 5.74. The minimum atomic E-state index is -0.536. The van der Waals surface area contributed by atoms with Crippen LogP contribution in [0, 0.1) is 13.8 Å². The summed E-state index contributed by atoms with van der Waals surface area (Å²) in [6, 6.07) is -0.536. The van der Waals surface area contributed by atoms with Gasteiger partial charge in [0.25, 0.3) is 0 Å². The van der Waals surface area contributed by atoms with E-state index in [2.05, 4.69) is 5.10 Å². The van der Waals surface area contributed by atoms with Gasteiger partial charge in [-0.25, -0.2) is 4.79 Å². The largest absolute Gasteiger partial charge is 0.350 e. The summed E-state index contributed by atoms with van der Waals surface area (Å²) in [7, 11) is 0. The van der Waals surface area contributed by atoms with Crippen LogP contribution in [-0.2, 0) is 0 Å². The number of hydrogen-bond donors (Lipinski definition) is 1. The lowest BCUT2D eigenvalue weighted by Crippen LogP contribution is -2.21. The molecular weight excluding hydrogens is 130 g/mol. The van der Waals surface area contributed by atoms with Crippen molar-refractivity contribution in [3.8, 4) is 0 Å². The Bertz CT molecular complexity index is 264. The van der Waals surface area contributed by atoms with Crippen LogP contribution in [0.2, 0.25) is 0 Å². The summed E-state index contributed by atoms with van der Waals surface area (Å²) in [5.41, 5.74) is 6.76. The number of primary amides is 1. The lowest BCUT2D eigenvalue weighted by molar-refractivity contribution is 0.247. The summed E-state index contributed by atoms with van der Waals surface area (Å²) in [5, 5.41) is 3.76. The summed E-state index contributed by atoms with van der Waals surface area (Å²) in [5.74, 6) is 0. The third kappa shape index (κ3) is 0.877. The first-order valence-electron chi connectivity index (χ1n) is 2.94. The molecule has 0 saturated heterocycles. The number of rotatable bonds is 0. The van der Waals surface area contributed by atoms with Gasteiger partial charge >= 0.3 is 6.03 Å². The average molecular weight is 139 g/mol. The minimum Gasteiger partial charge on any atom is -0.350 e. The molecule has 0 aliphatic rings. The van der Waals surface area contributed by atoms with Gasteiger partial charge in [0, 0.05) is 5.69 Å². The zero-order valence-electron chi connectivity index (χ0n) is 5.96. The van der Waals surface area contributed by atoms with Gasteiger partial charge in [0.15, 0.2) is 0 Å². The highest BCUT2D eigenvalue weighted by Crippen LogP contribution is 2.02. The van der Waals surface area contributed by atoms with Crippen LogP contribution in [-0.4, -0.2) is 15.8 Å². The molecule has 0 saturated carbocycles. The molecule has 1 rings (SSSR count). The molecule has 1 heterocycles. The Morgan fingerprint density at radius 2 is 2.30 bits per heavy atom. The molecule has 0 unspecified atom stereocenters. The van der Waals surface area contributed by atoms with E-state index in [-0.39, 0.29) is 0 Å². The van der Waals surface area contributed by atoms with E-state index in [9.17, 15) is 4.79 Å². The molecule has 2 N–H and O–H groups in total. The lowest BCUT2D eigenvalue weighted by Gasteiger charge is -1.95. The van der Waals surface area contributed by atoms with E-state index in [1.54, 1.807) is 13.1 Å². The van der Waals surface area contributed by atoms with Gasteiger partial charge in [-0.1, -0.05) is 0 Å². The van der Waals surface area contributed by atoms with Gasteiger partial charge in [-0.05, 0) is 19.4 Å². The van der Waals surface area contributed by atoms with Crippen LogP contribution in [0.3, 0.4) is 0 Å². The molecule has 0 aliphatic heterocycles. The molecule has 0 aromatic carbocycles. The molecule has 0 aliphatic carbocycles. The van der Waals surface area contributed by atoms with Gasteiger partial charge in [0.2, 0.25) is 0 Å². The second-order valence-electron chi connectivity index (χ2n) is 2.16. The molecule has 4 nitrogen and oxygen atoms in total. The van der Waals surface area contributed by atoms with Gasteiger partial charge in [0.1, 0.15) is 0 Å². The first-order valence-corrected chi connectivity index (χ1v) is 2.94. The molecule has 54 valence electrons. The van der Waals surface area contributed by atoms with E-state index in [0.29, 0.717) is 0 Å². The molecule has 4 heteroatoms. The van der Waals surface area contributed by atoms with Gasteiger partial charge in [-0.2, -0.15) is 9.78 Å². The monoisotopic (exact) mass is 139 g/mol. The Hall–Kier alpha value is -1.32. The third-order valence-corrected chi connectivity index (χ3v) is 1.46. The Balaban J connectivity index is 3.17. The Kier molecular flexibility index (Phi) is 1.45. The van der Waals surface area contributed by atoms with Crippen LogP contribution < -0.4 is 5.73 Å². The standard InChI is InChI=1S/C6H9N3O/c1-4-3-8-9(5(4)2)6(7)10/h3H,1-2H3,(H2,7,10). The summed E-state index contributed by atoms with van der Waals surface area (Å²) in [4.78, 5) is 10.6. The summed E-state index contributed by atoms with van der Waals surface area (Å²) in [6.07, 6.45) is 1.61. The summed E-state index contributed by atoms with van der Waals surface area (Å²) < 4.78 is 1.18. The summed E-state index contributed by atoms with van der Waals surface area (Å²) >= 11 is 0. The lowest BCUT2D eigenvalue weighted by atomic mass is 10.3. The van der Waals surface area contributed by atoms with Crippen molar-refractivity contribution in [1.29, 1.82) is 0 Å². The second kappa shape index (κ2) is 2.13. The highest BCUT2D eigenvalue weighted by Gasteiger charge is 2.04. The fourth-order valence-corrected chi connectivity index (χ4v) is 0.714. The number of carbonyl (C=O) groups is 1. The maximum atomic E-state index is 10.6. The normalized spacial score (nSPS) is 9.80. The van der Waals surface area contributed by atoms with E-state index in [1.165, 1.54) is 4.68 Å². The molecular formula is C6H9N3O. The van der Waals surface area contributed by atoms with Crippen molar-refractivity contribution in [2.45, 2.75) is 13.8 Å². The van der Waals surface area contributed by atoms with E-state index in [1.807, 2.05) is 6.92 Å². The quantitative estimate of drug-likeness (QED) is 0.566. The predicted octanol–water partition coefficient (Wildman–Crippen LogP) is 0.427. The number of amides is 1. The van der Waals surface area contributed by atoms with Crippen molar-refractivity contribution >= 4 is 6.03 Å².